The monoisotopic (exact) mass is 253 g/mol. The van der Waals surface area contributed by atoms with Crippen molar-refractivity contribution < 1.29 is 10.0 Å². The summed E-state index contributed by atoms with van der Waals surface area (Å²) in [5.74, 6) is 0. The first-order valence-corrected chi connectivity index (χ1v) is 5.84. The molecule has 0 spiro atoms. The second-order valence-electron chi connectivity index (χ2n) is 4.39. The van der Waals surface area contributed by atoms with E-state index in [1.54, 1.807) is 12.1 Å². The van der Waals surface area contributed by atoms with Gasteiger partial charge in [-0.2, -0.15) is 0 Å². The fraction of sp³-hybridized carbons (Fsp3) is 0.500. The highest BCUT2D eigenvalue weighted by Gasteiger charge is 2.17. The van der Waals surface area contributed by atoms with Crippen molar-refractivity contribution in [3.05, 3.63) is 33.9 Å². The Balaban J connectivity index is 2.96. The van der Waals surface area contributed by atoms with Crippen LogP contribution in [0.15, 0.2) is 18.2 Å². The summed E-state index contributed by atoms with van der Waals surface area (Å²) >= 11 is 0. The van der Waals surface area contributed by atoms with E-state index < -0.39 is 4.92 Å². The Morgan fingerprint density at radius 3 is 2.67 bits per heavy atom. The van der Waals surface area contributed by atoms with Gasteiger partial charge in [0.05, 0.1) is 11.5 Å². The summed E-state index contributed by atoms with van der Waals surface area (Å²) in [5, 5.41) is 19.8. The first kappa shape index (κ1) is 14.4. The third-order valence-corrected chi connectivity index (χ3v) is 2.86. The molecule has 0 atom stereocenters. The third kappa shape index (κ3) is 3.41. The molecule has 0 saturated carbocycles. The fourth-order valence-electron chi connectivity index (χ4n) is 1.76. The van der Waals surface area contributed by atoms with Gasteiger partial charge >= 0.3 is 0 Å². The number of hydrogen-bond donors (Lipinski definition) is 2. The molecule has 0 bridgehead atoms. The van der Waals surface area contributed by atoms with E-state index in [0.717, 1.165) is 0 Å². The van der Waals surface area contributed by atoms with Crippen LogP contribution in [0.1, 0.15) is 19.4 Å². The average molecular weight is 253 g/mol. The lowest BCUT2D eigenvalue weighted by molar-refractivity contribution is -0.384. The van der Waals surface area contributed by atoms with Crippen molar-refractivity contribution in [3.63, 3.8) is 0 Å². The largest absolute Gasteiger partial charge is 0.395 e. The summed E-state index contributed by atoms with van der Waals surface area (Å²) in [6.07, 6.45) is 0. The van der Waals surface area contributed by atoms with Gasteiger partial charge in [0.15, 0.2) is 0 Å². The van der Waals surface area contributed by atoms with Gasteiger partial charge in [0.25, 0.3) is 5.69 Å². The number of nitrogens with zero attached hydrogens (tertiary/aromatic N) is 2. The number of hydrogen-bond acceptors (Lipinski definition) is 5. The smallest absolute Gasteiger partial charge is 0.292 e. The summed E-state index contributed by atoms with van der Waals surface area (Å²) < 4.78 is 0. The number of aliphatic hydroxyl groups is 1. The number of benzene rings is 1. The second-order valence-corrected chi connectivity index (χ2v) is 4.39. The molecule has 1 rings (SSSR count). The molecule has 1 aromatic carbocycles. The summed E-state index contributed by atoms with van der Waals surface area (Å²) in [7, 11) is 0. The SMILES string of the molecule is CC(C)N(CCO)Cc1cccc([N+](=O)[O-])c1N. The van der Waals surface area contributed by atoms with Crippen molar-refractivity contribution in [3.8, 4) is 0 Å². The van der Waals surface area contributed by atoms with Gasteiger partial charge in [-0.05, 0) is 19.4 Å². The molecule has 100 valence electrons. The standard InChI is InChI=1S/C12H19N3O3/c1-9(2)14(6-7-16)8-10-4-3-5-11(12(10)13)15(17)18/h3-5,9,16H,6-8,13H2,1-2H3. The molecule has 0 aliphatic carbocycles. The Morgan fingerprint density at radius 2 is 2.17 bits per heavy atom. The second kappa shape index (κ2) is 6.32. The highest BCUT2D eigenvalue weighted by Crippen LogP contribution is 2.26. The Bertz CT molecular complexity index is 421. The normalized spacial score (nSPS) is 11.2. The van der Waals surface area contributed by atoms with Crippen molar-refractivity contribution in [1.82, 2.24) is 4.90 Å². The zero-order valence-corrected chi connectivity index (χ0v) is 10.7. The van der Waals surface area contributed by atoms with E-state index in [0.29, 0.717) is 18.7 Å². The molecule has 0 aromatic heterocycles. The van der Waals surface area contributed by atoms with Crippen LogP contribution in [0.3, 0.4) is 0 Å². The molecule has 0 amide bonds. The molecule has 0 aliphatic rings. The van der Waals surface area contributed by atoms with Gasteiger partial charge in [-0.15, -0.1) is 0 Å². The Morgan fingerprint density at radius 1 is 1.50 bits per heavy atom. The van der Waals surface area contributed by atoms with Crippen LogP contribution in [0, 0.1) is 10.1 Å². The van der Waals surface area contributed by atoms with Gasteiger partial charge in [-0.25, -0.2) is 0 Å². The molecule has 0 fully saturated rings. The molecule has 3 N–H and O–H groups in total. The summed E-state index contributed by atoms with van der Waals surface area (Å²) in [5.41, 5.74) is 6.64. The van der Waals surface area contributed by atoms with Gasteiger partial charge in [0.2, 0.25) is 0 Å². The molecule has 0 saturated heterocycles. The van der Waals surface area contributed by atoms with Crippen LogP contribution >= 0.6 is 0 Å². The van der Waals surface area contributed by atoms with Crippen molar-refractivity contribution in [1.29, 1.82) is 0 Å². The third-order valence-electron chi connectivity index (χ3n) is 2.86. The van der Waals surface area contributed by atoms with Crippen molar-refractivity contribution in [2.24, 2.45) is 0 Å². The van der Waals surface area contributed by atoms with Crippen LogP contribution in [0.2, 0.25) is 0 Å². The average Bonchev–Trinajstić information content (AvgIpc) is 2.30. The zero-order valence-electron chi connectivity index (χ0n) is 10.7. The molecule has 18 heavy (non-hydrogen) atoms. The van der Waals surface area contributed by atoms with Crippen LogP contribution in [0.5, 0.6) is 0 Å². The first-order chi connectivity index (χ1) is 8.47. The Hall–Kier alpha value is -1.66. The molecule has 0 radical (unpaired) electrons. The van der Waals surface area contributed by atoms with Crippen LogP contribution in [0.4, 0.5) is 11.4 Å². The van der Waals surface area contributed by atoms with E-state index in [4.69, 9.17) is 10.8 Å². The lowest BCUT2D eigenvalue weighted by Crippen LogP contribution is -2.33. The summed E-state index contributed by atoms with van der Waals surface area (Å²) in [4.78, 5) is 12.3. The molecule has 6 nitrogen and oxygen atoms in total. The van der Waals surface area contributed by atoms with E-state index in [2.05, 4.69) is 0 Å². The van der Waals surface area contributed by atoms with E-state index in [9.17, 15) is 10.1 Å². The number of rotatable bonds is 6. The van der Waals surface area contributed by atoms with Crippen molar-refractivity contribution in [2.45, 2.75) is 26.4 Å². The maximum atomic E-state index is 10.8. The van der Waals surface area contributed by atoms with Gasteiger partial charge in [0.1, 0.15) is 5.69 Å². The minimum Gasteiger partial charge on any atom is -0.395 e. The maximum Gasteiger partial charge on any atom is 0.292 e. The predicted octanol–water partition coefficient (Wildman–Crippen LogP) is 1.38. The van der Waals surface area contributed by atoms with E-state index in [1.807, 2.05) is 18.7 Å². The number of nitrogen functional groups attached to an aromatic ring is 1. The van der Waals surface area contributed by atoms with Gasteiger partial charge in [-0.3, -0.25) is 15.0 Å². The van der Waals surface area contributed by atoms with Crippen LogP contribution < -0.4 is 5.73 Å². The molecular formula is C12H19N3O3. The van der Waals surface area contributed by atoms with E-state index in [-0.39, 0.29) is 24.0 Å². The van der Waals surface area contributed by atoms with Gasteiger partial charge in [0, 0.05) is 25.2 Å². The molecule has 1 aromatic rings. The first-order valence-electron chi connectivity index (χ1n) is 5.84. The highest BCUT2D eigenvalue weighted by atomic mass is 16.6. The predicted molar refractivity (Wildman–Crippen MR) is 70.1 cm³/mol. The quantitative estimate of drug-likeness (QED) is 0.454. The fourth-order valence-corrected chi connectivity index (χ4v) is 1.76. The number of para-hydroxylation sites is 1. The van der Waals surface area contributed by atoms with Gasteiger partial charge in [-0.1, -0.05) is 12.1 Å². The molecular weight excluding hydrogens is 234 g/mol. The molecule has 0 unspecified atom stereocenters. The van der Waals surface area contributed by atoms with E-state index >= 15 is 0 Å². The number of nitro groups is 1. The van der Waals surface area contributed by atoms with Gasteiger partial charge < -0.3 is 10.8 Å². The lowest BCUT2D eigenvalue weighted by atomic mass is 10.1. The number of anilines is 1. The van der Waals surface area contributed by atoms with Crippen molar-refractivity contribution >= 4 is 11.4 Å². The number of nitro benzene ring substituents is 1. The van der Waals surface area contributed by atoms with Crippen LogP contribution in [-0.4, -0.2) is 34.1 Å². The number of nitrogens with two attached hydrogens (primary N) is 1. The van der Waals surface area contributed by atoms with Crippen LogP contribution in [-0.2, 0) is 6.54 Å². The topological polar surface area (TPSA) is 92.6 Å². The zero-order chi connectivity index (χ0) is 13.7. The lowest BCUT2D eigenvalue weighted by Gasteiger charge is -2.26. The highest BCUT2D eigenvalue weighted by molar-refractivity contribution is 5.62. The summed E-state index contributed by atoms with van der Waals surface area (Å²) in [6, 6.07) is 5.02. The van der Waals surface area contributed by atoms with Crippen LogP contribution in [0.25, 0.3) is 0 Å². The number of aliphatic hydroxyl groups excluding tert-OH is 1. The Kier molecular flexibility index (Phi) is 5.06. The minimum absolute atomic E-state index is 0.0486. The molecule has 6 heteroatoms. The maximum absolute atomic E-state index is 10.8. The minimum atomic E-state index is -0.482. The summed E-state index contributed by atoms with van der Waals surface area (Å²) in [6.45, 7) is 5.06. The van der Waals surface area contributed by atoms with E-state index in [1.165, 1.54) is 6.07 Å². The molecule has 0 heterocycles. The molecule has 0 aliphatic heterocycles. The Labute approximate surface area is 106 Å². The van der Waals surface area contributed by atoms with Crippen molar-refractivity contribution in [2.75, 3.05) is 18.9 Å².